The van der Waals surface area contributed by atoms with E-state index in [0.717, 1.165) is 11.1 Å². The van der Waals surface area contributed by atoms with Gasteiger partial charge in [0.2, 0.25) is 11.2 Å². The third kappa shape index (κ3) is 6.58. The summed E-state index contributed by atoms with van der Waals surface area (Å²) in [4.78, 5) is 26.2. The molecule has 0 atom stereocenters. The number of carbonyl (C=O) groups is 1. The van der Waals surface area contributed by atoms with Crippen molar-refractivity contribution in [2.24, 2.45) is 0 Å². The summed E-state index contributed by atoms with van der Waals surface area (Å²) < 4.78 is 37.3. The number of benzene rings is 4. The molecule has 0 aliphatic heterocycles. The first-order valence-electron chi connectivity index (χ1n) is 12.6. The number of amides is 1. The molecular weight excluding hydrogens is 593 g/mol. The summed E-state index contributed by atoms with van der Waals surface area (Å²) in [5.41, 5.74) is 2.85. The molecule has 208 valence electrons. The molecule has 0 aliphatic rings. The minimum Gasteiger partial charge on any atom is -0.493 e. The van der Waals surface area contributed by atoms with E-state index in [1.54, 1.807) is 60.7 Å². The lowest BCUT2D eigenvalue weighted by Crippen LogP contribution is -2.22. The van der Waals surface area contributed by atoms with Crippen molar-refractivity contribution < 1.29 is 27.8 Å². The molecule has 7 nitrogen and oxygen atoms in total. The Labute approximate surface area is 243 Å². The summed E-state index contributed by atoms with van der Waals surface area (Å²) in [7, 11) is 1.49. The number of halogens is 2. The first kappa shape index (κ1) is 27.9. The molecule has 0 spiro atoms. The zero-order valence-corrected chi connectivity index (χ0v) is 23.8. The van der Waals surface area contributed by atoms with Crippen LogP contribution in [-0.2, 0) is 11.4 Å². The minimum atomic E-state index is -0.435. The third-order valence-electron chi connectivity index (χ3n) is 6.23. The Bertz CT molecular complexity index is 1770. The summed E-state index contributed by atoms with van der Waals surface area (Å²) in [6.45, 7) is 1.73. The number of hydrogen-bond acceptors (Lipinski definition) is 6. The number of anilines is 1. The molecule has 0 bridgehead atoms. The van der Waals surface area contributed by atoms with Crippen molar-refractivity contribution in [3.8, 4) is 28.6 Å². The Kier molecular flexibility index (Phi) is 8.35. The smallest absolute Gasteiger partial charge is 0.262 e. The number of aryl methyl sites for hydroxylation is 1. The topological polar surface area (TPSA) is 87.0 Å². The van der Waals surface area contributed by atoms with Crippen LogP contribution >= 0.6 is 15.9 Å². The van der Waals surface area contributed by atoms with Crippen LogP contribution in [-0.4, -0.2) is 19.6 Å². The number of carbonyl (C=O) groups excluding carboxylic acids is 1. The molecule has 1 amide bonds. The molecule has 0 unspecified atom stereocenters. The van der Waals surface area contributed by atoms with E-state index in [1.807, 2.05) is 19.1 Å². The first-order valence-corrected chi connectivity index (χ1v) is 13.4. The normalized spacial score (nSPS) is 10.8. The van der Waals surface area contributed by atoms with Gasteiger partial charge in [0.1, 0.15) is 18.0 Å². The highest BCUT2D eigenvalue weighted by Gasteiger charge is 2.21. The number of ether oxygens (including phenoxy) is 3. The summed E-state index contributed by atoms with van der Waals surface area (Å²) in [5.74, 6) is 0.0769. The third-order valence-corrected chi connectivity index (χ3v) is 6.72. The summed E-state index contributed by atoms with van der Waals surface area (Å²) in [5, 5.41) is 3.05. The van der Waals surface area contributed by atoms with Crippen molar-refractivity contribution in [1.82, 2.24) is 0 Å². The van der Waals surface area contributed by atoms with Crippen LogP contribution in [0.1, 0.15) is 11.1 Å². The van der Waals surface area contributed by atoms with Crippen LogP contribution in [0.2, 0.25) is 0 Å². The Morgan fingerprint density at radius 1 is 0.927 bits per heavy atom. The highest BCUT2D eigenvalue weighted by Crippen LogP contribution is 2.37. The molecule has 41 heavy (non-hydrogen) atoms. The maximum Gasteiger partial charge on any atom is 0.262 e. The molecule has 5 aromatic rings. The van der Waals surface area contributed by atoms with Gasteiger partial charge in [-0.2, -0.15) is 0 Å². The molecule has 0 saturated heterocycles. The van der Waals surface area contributed by atoms with Crippen LogP contribution in [0.5, 0.6) is 17.2 Å². The maximum absolute atomic E-state index is 13.6. The predicted octanol–water partition coefficient (Wildman–Crippen LogP) is 7.28. The fraction of sp³-hybridized carbons (Fsp3) is 0.125. The van der Waals surface area contributed by atoms with Crippen molar-refractivity contribution in [2.75, 3.05) is 19.0 Å². The zero-order chi connectivity index (χ0) is 28.9. The second-order valence-corrected chi connectivity index (χ2v) is 10.1. The molecule has 1 aromatic heterocycles. The monoisotopic (exact) mass is 617 g/mol. The first-order chi connectivity index (χ1) is 19.8. The molecule has 1 heterocycles. The van der Waals surface area contributed by atoms with Crippen LogP contribution in [0, 0.1) is 12.7 Å². The molecule has 9 heteroatoms. The van der Waals surface area contributed by atoms with Crippen molar-refractivity contribution in [3.63, 3.8) is 0 Å². The van der Waals surface area contributed by atoms with Gasteiger partial charge in [0.05, 0.1) is 12.5 Å². The number of fused-ring (bicyclic) bond motifs is 1. The van der Waals surface area contributed by atoms with Gasteiger partial charge in [0.15, 0.2) is 23.9 Å². The molecule has 1 N–H and O–H groups in total. The summed E-state index contributed by atoms with van der Waals surface area (Å²) >= 11 is 3.39. The Hall–Kier alpha value is -4.63. The van der Waals surface area contributed by atoms with E-state index in [2.05, 4.69) is 21.2 Å². The molecular formula is C32H25BrFNO6. The number of nitrogens with one attached hydrogen (secondary N) is 1. The van der Waals surface area contributed by atoms with Crippen molar-refractivity contribution in [2.45, 2.75) is 13.5 Å². The Balaban J connectivity index is 1.46. The quantitative estimate of drug-likeness (QED) is 0.187. The fourth-order valence-electron chi connectivity index (χ4n) is 4.11. The van der Waals surface area contributed by atoms with E-state index >= 15 is 0 Å². The lowest BCUT2D eigenvalue weighted by atomic mass is 10.1. The second kappa shape index (κ2) is 12.3. The standard InChI is InChI=1S/C32H25BrFNO6/c1-19-3-11-24(12-4-19)35-29(36)18-40-32-30(37)25-16-22(33)8-14-26(25)41-31(32)21-7-13-27(28(15-21)38-2)39-17-20-5-9-23(34)10-6-20/h3-16H,17-18H2,1-2H3,(H,35,36). The van der Waals surface area contributed by atoms with Gasteiger partial charge >= 0.3 is 0 Å². The predicted molar refractivity (Wildman–Crippen MR) is 158 cm³/mol. The zero-order valence-electron chi connectivity index (χ0n) is 22.2. The molecule has 0 fully saturated rings. The SMILES string of the molecule is COc1cc(-c2oc3ccc(Br)cc3c(=O)c2OCC(=O)Nc2ccc(C)cc2)ccc1OCc1ccc(F)cc1. The van der Waals surface area contributed by atoms with Gasteiger partial charge in [-0.05, 0) is 73.2 Å². The molecule has 4 aromatic carbocycles. The van der Waals surface area contributed by atoms with E-state index < -0.39 is 17.9 Å². The van der Waals surface area contributed by atoms with Gasteiger partial charge in [-0.1, -0.05) is 45.8 Å². The van der Waals surface area contributed by atoms with E-state index in [4.69, 9.17) is 18.6 Å². The van der Waals surface area contributed by atoms with Gasteiger partial charge in [-0.3, -0.25) is 9.59 Å². The highest BCUT2D eigenvalue weighted by atomic mass is 79.9. The van der Waals surface area contributed by atoms with Crippen LogP contribution in [0.4, 0.5) is 10.1 Å². The largest absolute Gasteiger partial charge is 0.493 e. The van der Waals surface area contributed by atoms with Gasteiger partial charge < -0.3 is 23.9 Å². The van der Waals surface area contributed by atoms with Crippen LogP contribution < -0.4 is 25.0 Å². The summed E-state index contributed by atoms with van der Waals surface area (Å²) in [6.07, 6.45) is 0. The lowest BCUT2D eigenvalue weighted by molar-refractivity contribution is -0.118. The number of hydrogen-bond donors (Lipinski definition) is 1. The molecule has 5 rings (SSSR count). The average Bonchev–Trinajstić information content (AvgIpc) is 2.97. The average molecular weight is 618 g/mol. The van der Waals surface area contributed by atoms with E-state index in [1.165, 1.54) is 19.2 Å². The maximum atomic E-state index is 13.6. The van der Waals surface area contributed by atoms with Crippen LogP contribution in [0.15, 0.2) is 98.6 Å². The molecule has 0 radical (unpaired) electrons. The van der Waals surface area contributed by atoms with E-state index in [-0.39, 0.29) is 23.9 Å². The summed E-state index contributed by atoms with van der Waals surface area (Å²) in [6, 6.07) is 23.4. The van der Waals surface area contributed by atoms with Crippen LogP contribution in [0.3, 0.4) is 0 Å². The van der Waals surface area contributed by atoms with Gasteiger partial charge in [-0.25, -0.2) is 4.39 Å². The van der Waals surface area contributed by atoms with E-state index in [0.29, 0.717) is 38.2 Å². The Morgan fingerprint density at radius 2 is 1.68 bits per heavy atom. The van der Waals surface area contributed by atoms with E-state index in [9.17, 15) is 14.0 Å². The fourth-order valence-corrected chi connectivity index (χ4v) is 4.47. The Morgan fingerprint density at radius 3 is 2.41 bits per heavy atom. The number of rotatable bonds is 9. The highest BCUT2D eigenvalue weighted by molar-refractivity contribution is 9.10. The minimum absolute atomic E-state index is 0.114. The second-order valence-electron chi connectivity index (χ2n) is 9.21. The van der Waals surface area contributed by atoms with Crippen LogP contribution in [0.25, 0.3) is 22.3 Å². The molecule has 0 saturated carbocycles. The van der Waals surface area contributed by atoms with Crippen molar-refractivity contribution in [1.29, 1.82) is 0 Å². The van der Waals surface area contributed by atoms with Crippen molar-refractivity contribution in [3.05, 3.63) is 117 Å². The van der Waals surface area contributed by atoms with Gasteiger partial charge in [0.25, 0.3) is 5.91 Å². The van der Waals surface area contributed by atoms with Crippen molar-refractivity contribution >= 4 is 38.5 Å². The molecule has 0 aliphatic carbocycles. The number of methoxy groups -OCH3 is 1. The lowest BCUT2D eigenvalue weighted by Gasteiger charge is -2.15. The van der Waals surface area contributed by atoms with Gasteiger partial charge in [-0.15, -0.1) is 0 Å². The van der Waals surface area contributed by atoms with Gasteiger partial charge in [0, 0.05) is 15.7 Å².